The van der Waals surface area contributed by atoms with Crippen molar-refractivity contribution in [2.75, 3.05) is 26.2 Å². The molecular weight excluding hydrogens is 309 g/mol. The number of likely N-dealkylation sites (tertiary alicyclic amines) is 1. The van der Waals surface area contributed by atoms with Gasteiger partial charge in [0.25, 0.3) is 0 Å². The van der Waals surface area contributed by atoms with Crippen molar-refractivity contribution in [2.24, 2.45) is 0 Å². The standard InChI is InChI=1S/C18H26FN3O2/c1-13(2)12-22-9-7-16(8-10-22)21-18(24)20-11-17(23)14-3-5-15(19)6-4-14/h3-6,16-17,23H,1,7-12H2,2H3,(H2,20,21,24). The van der Waals surface area contributed by atoms with Crippen molar-refractivity contribution in [2.45, 2.75) is 31.9 Å². The van der Waals surface area contributed by atoms with Crippen molar-refractivity contribution in [1.82, 2.24) is 15.5 Å². The van der Waals surface area contributed by atoms with E-state index in [4.69, 9.17) is 0 Å². The maximum atomic E-state index is 12.9. The Balaban J connectivity index is 1.68. The zero-order valence-electron chi connectivity index (χ0n) is 14.1. The highest BCUT2D eigenvalue weighted by molar-refractivity contribution is 5.74. The number of benzene rings is 1. The number of hydrogen-bond donors (Lipinski definition) is 3. The second-order valence-corrected chi connectivity index (χ2v) is 6.43. The third-order valence-electron chi connectivity index (χ3n) is 4.13. The van der Waals surface area contributed by atoms with E-state index < -0.39 is 6.10 Å². The fraction of sp³-hybridized carbons (Fsp3) is 0.500. The average Bonchev–Trinajstić information content (AvgIpc) is 2.54. The van der Waals surface area contributed by atoms with E-state index in [1.807, 2.05) is 6.92 Å². The normalized spacial score (nSPS) is 17.3. The van der Waals surface area contributed by atoms with Crippen LogP contribution in [0.15, 0.2) is 36.4 Å². The minimum atomic E-state index is -0.853. The third-order valence-corrected chi connectivity index (χ3v) is 4.13. The number of hydrogen-bond acceptors (Lipinski definition) is 3. The number of piperidine rings is 1. The highest BCUT2D eigenvalue weighted by Crippen LogP contribution is 2.13. The molecule has 1 unspecified atom stereocenters. The number of aliphatic hydroxyl groups is 1. The fourth-order valence-electron chi connectivity index (χ4n) is 2.85. The van der Waals surface area contributed by atoms with Gasteiger partial charge in [-0.05, 0) is 37.5 Å². The van der Waals surface area contributed by atoms with E-state index in [0.29, 0.717) is 5.56 Å². The SMILES string of the molecule is C=C(C)CN1CCC(NC(=O)NCC(O)c2ccc(F)cc2)CC1. The summed E-state index contributed by atoms with van der Waals surface area (Å²) in [5, 5.41) is 15.6. The summed E-state index contributed by atoms with van der Waals surface area (Å²) in [6, 6.07) is 5.46. The molecular formula is C18H26FN3O2. The summed E-state index contributed by atoms with van der Waals surface area (Å²) < 4.78 is 12.9. The third kappa shape index (κ3) is 5.94. The van der Waals surface area contributed by atoms with Crippen LogP contribution in [0.1, 0.15) is 31.4 Å². The largest absolute Gasteiger partial charge is 0.387 e. The van der Waals surface area contributed by atoms with Crippen LogP contribution >= 0.6 is 0 Å². The van der Waals surface area contributed by atoms with Crippen LogP contribution in [0.3, 0.4) is 0 Å². The zero-order chi connectivity index (χ0) is 17.5. The summed E-state index contributed by atoms with van der Waals surface area (Å²) in [5.74, 6) is -0.352. The Bertz CT molecular complexity index is 554. The van der Waals surface area contributed by atoms with Crippen LogP contribution in [0.5, 0.6) is 0 Å². The second kappa shape index (κ2) is 8.80. The second-order valence-electron chi connectivity index (χ2n) is 6.43. The van der Waals surface area contributed by atoms with Crippen LogP contribution in [-0.2, 0) is 0 Å². The number of nitrogens with zero attached hydrogens (tertiary/aromatic N) is 1. The molecule has 0 bridgehead atoms. The number of carbonyl (C=O) groups excluding carboxylic acids is 1. The number of amides is 2. The number of halogens is 1. The molecule has 0 saturated carbocycles. The molecule has 1 heterocycles. The molecule has 1 aliphatic rings. The molecule has 5 nitrogen and oxygen atoms in total. The molecule has 1 saturated heterocycles. The van der Waals surface area contributed by atoms with E-state index in [2.05, 4.69) is 22.1 Å². The van der Waals surface area contributed by atoms with Gasteiger partial charge in [0.15, 0.2) is 0 Å². The van der Waals surface area contributed by atoms with Gasteiger partial charge >= 0.3 is 6.03 Å². The van der Waals surface area contributed by atoms with Crippen LogP contribution in [0.2, 0.25) is 0 Å². The van der Waals surface area contributed by atoms with Gasteiger partial charge in [0.2, 0.25) is 0 Å². The molecule has 1 fully saturated rings. The molecule has 132 valence electrons. The molecule has 1 aromatic carbocycles. The van der Waals surface area contributed by atoms with E-state index in [9.17, 15) is 14.3 Å². The van der Waals surface area contributed by atoms with Gasteiger partial charge in [-0.25, -0.2) is 9.18 Å². The van der Waals surface area contributed by atoms with Crippen molar-refractivity contribution in [3.8, 4) is 0 Å². The Morgan fingerprint density at radius 2 is 2.00 bits per heavy atom. The van der Waals surface area contributed by atoms with Gasteiger partial charge < -0.3 is 15.7 Å². The number of urea groups is 1. The van der Waals surface area contributed by atoms with E-state index >= 15 is 0 Å². The lowest BCUT2D eigenvalue weighted by atomic mass is 10.0. The summed E-state index contributed by atoms with van der Waals surface area (Å²) in [7, 11) is 0. The Morgan fingerprint density at radius 1 is 1.38 bits per heavy atom. The van der Waals surface area contributed by atoms with Crippen LogP contribution in [-0.4, -0.2) is 48.3 Å². The molecule has 1 aliphatic heterocycles. The van der Waals surface area contributed by atoms with E-state index in [0.717, 1.165) is 38.0 Å². The summed E-state index contributed by atoms with van der Waals surface area (Å²) in [6.07, 6.45) is 0.955. The van der Waals surface area contributed by atoms with Gasteiger partial charge in [0, 0.05) is 32.2 Å². The molecule has 1 atom stereocenters. The predicted octanol–water partition coefficient (Wildman–Crippen LogP) is 2.20. The molecule has 1 aromatic rings. The van der Waals surface area contributed by atoms with Crippen LogP contribution < -0.4 is 10.6 Å². The Kier molecular flexibility index (Phi) is 6.75. The molecule has 0 aromatic heterocycles. The monoisotopic (exact) mass is 335 g/mol. The summed E-state index contributed by atoms with van der Waals surface area (Å²) in [6.45, 7) is 8.82. The maximum absolute atomic E-state index is 12.9. The molecule has 0 aliphatic carbocycles. The zero-order valence-corrected chi connectivity index (χ0v) is 14.1. The van der Waals surface area contributed by atoms with Crippen molar-refractivity contribution >= 4 is 6.03 Å². The number of carbonyl (C=O) groups is 1. The maximum Gasteiger partial charge on any atom is 0.315 e. The smallest absolute Gasteiger partial charge is 0.315 e. The lowest BCUT2D eigenvalue weighted by Crippen LogP contribution is -2.48. The average molecular weight is 335 g/mol. The Hall–Kier alpha value is -1.92. The molecule has 3 N–H and O–H groups in total. The van der Waals surface area contributed by atoms with Gasteiger partial charge in [-0.1, -0.05) is 24.3 Å². The Morgan fingerprint density at radius 3 is 2.58 bits per heavy atom. The highest BCUT2D eigenvalue weighted by Gasteiger charge is 2.20. The number of aliphatic hydroxyl groups excluding tert-OH is 1. The van der Waals surface area contributed by atoms with Crippen LogP contribution in [0.4, 0.5) is 9.18 Å². The molecule has 0 radical (unpaired) electrons. The van der Waals surface area contributed by atoms with Crippen molar-refractivity contribution in [3.63, 3.8) is 0 Å². The first-order valence-corrected chi connectivity index (χ1v) is 8.28. The summed E-state index contributed by atoms with van der Waals surface area (Å²) in [4.78, 5) is 14.3. The van der Waals surface area contributed by atoms with Gasteiger partial charge in [0.1, 0.15) is 5.82 Å². The number of rotatable bonds is 6. The first kappa shape index (κ1) is 18.4. The van der Waals surface area contributed by atoms with Crippen molar-refractivity contribution < 1.29 is 14.3 Å². The highest BCUT2D eigenvalue weighted by atomic mass is 19.1. The lowest BCUT2D eigenvalue weighted by molar-refractivity contribution is 0.169. The van der Waals surface area contributed by atoms with E-state index in [1.165, 1.54) is 24.3 Å². The van der Waals surface area contributed by atoms with Gasteiger partial charge in [-0.2, -0.15) is 0 Å². The van der Waals surface area contributed by atoms with Crippen LogP contribution in [0.25, 0.3) is 0 Å². The molecule has 2 amide bonds. The van der Waals surface area contributed by atoms with Crippen molar-refractivity contribution in [1.29, 1.82) is 0 Å². The quantitative estimate of drug-likeness (QED) is 0.698. The lowest BCUT2D eigenvalue weighted by Gasteiger charge is -2.32. The minimum Gasteiger partial charge on any atom is -0.387 e. The minimum absolute atomic E-state index is 0.0893. The first-order chi connectivity index (χ1) is 11.4. The molecule has 6 heteroatoms. The number of nitrogens with one attached hydrogen (secondary N) is 2. The van der Waals surface area contributed by atoms with Gasteiger partial charge in [0.05, 0.1) is 6.10 Å². The topological polar surface area (TPSA) is 64.6 Å². The summed E-state index contributed by atoms with van der Waals surface area (Å²) >= 11 is 0. The summed E-state index contributed by atoms with van der Waals surface area (Å²) in [5.41, 5.74) is 1.72. The van der Waals surface area contributed by atoms with Crippen LogP contribution in [0, 0.1) is 5.82 Å². The van der Waals surface area contributed by atoms with E-state index in [-0.39, 0.29) is 24.4 Å². The molecule has 2 rings (SSSR count). The molecule has 24 heavy (non-hydrogen) atoms. The molecule has 0 spiro atoms. The Labute approximate surface area is 142 Å². The fourth-order valence-corrected chi connectivity index (χ4v) is 2.85. The van der Waals surface area contributed by atoms with Gasteiger partial charge in [-0.3, -0.25) is 4.90 Å². The first-order valence-electron chi connectivity index (χ1n) is 8.28. The van der Waals surface area contributed by atoms with Crippen molar-refractivity contribution in [3.05, 3.63) is 47.8 Å². The van der Waals surface area contributed by atoms with E-state index in [1.54, 1.807) is 0 Å². The predicted molar refractivity (Wildman–Crippen MR) is 92.2 cm³/mol. The van der Waals surface area contributed by atoms with Gasteiger partial charge in [-0.15, -0.1) is 0 Å².